The molecule has 0 amide bonds. The number of nitrogens with two attached hydrogens (primary N) is 1. The Bertz CT molecular complexity index is 144. The first-order chi connectivity index (χ1) is 3.30. The smallest absolute Gasteiger partial charge is 0.0558 e. The number of hydrogen-bond donors (Lipinski definition) is 1. The van der Waals surface area contributed by atoms with Crippen molar-refractivity contribution in [2.45, 2.75) is 0 Å². The summed E-state index contributed by atoms with van der Waals surface area (Å²) in [5, 5.41) is 3.96. The van der Waals surface area contributed by atoms with Crippen molar-refractivity contribution in [1.82, 2.24) is 0 Å². The van der Waals surface area contributed by atoms with E-state index in [9.17, 15) is 0 Å². The largest absolute Gasteiger partial charge is 0.397 e. The highest BCUT2D eigenvalue weighted by molar-refractivity contribution is 14.1. The summed E-state index contributed by atoms with van der Waals surface area (Å²) in [7, 11) is 0. The lowest BCUT2D eigenvalue weighted by Gasteiger charge is -1.79. The van der Waals surface area contributed by atoms with Crippen molar-refractivity contribution < 1.29 is 0 Å². The molecule has 0 radical (unpaired) electrons. The van der Waals surface area contributed by atoms with E-state index in [2.05, 4.69) is 22.6 Å². The van der Waals surface area contributed by atoms with E-state index < -0.39 is 0 Å². The molecule has 1 aromatic rings. The molecular weight excluding hydrogens is 221 g/mol. The van der Waals surface area contributed by atoms with Crippen LogP contribution in [0.4, 0.5) is 5.69 Å². The molecule has 0 atom stereocenters. The highest BCUT2D eigenvalue weighted by atomic mass is 127. The molecule has 0 aliphatic heterocycles. The van der Waals surface area contributed by atoms with Crippen molar-refractivity contribution in [3.8, 4) is 0 Å². The van der Waals surface area contributed by atoms with Gasteiger partial charge in [-0.2, -0.15) is 0 Å². The fraction of sp³-hybridized carbons (Fsp3) is 0. The summed E-state index contributed by atoms with van der Waals surface area (Å²) in [5.74, 6) is 0. The molecule has 0 saturated carbocycles. The second kappa shape index (κ2) is 2.00. The van der Waals surface area contributed by atoms with E-state index in [-0.39, 0.29) is 0 Å². The summed E-state index contributed by atoms with van der Waals surface area (Å²) in [6.45, 7) is 0. The number of nitrogen functional groups attached to an aromatic ring is 1. The minimum atomic E-state index is 0.894. The molecule has 1 aromatic heterocycles. The highest BCUT2D eigenvalue weighted by Crippen LogP contribution is 2.17. The normalized spacial score (nSPS) is 9.29. The van der Waals surface area contributed by atoms with Gasteiger partial charge in [0.15, 0.2) is 0 Å². The average Bonchev–Trinajstić information content (AvgIpc) is 1.91. The Balaban J connectivity index is 3.12. The number of halogens is 1. The Morgan fingerprint density at radius 3 is 2.43 bits per heavy atom. The van der Waals surface area contributed by atoms with Crippen LogP contribution in [0.5, 0.6) is 0 Å². The summed E-state index contributed by atoms with van der Waals surface area (Å²) in [5.41, 5.74) is 6.34. The van der Waals surface area contributed by atoms with Gasteiger partial charge in [0, 0.05) is 14.3 Å². The third-order valence-corrected chi connectivity index (χ3v) is 2.76. The molecule has 0 saturated heterocycles. The van der Waals surface area contributed by atoms with Crippen LogP contribution in [-0.2, 0) is 0 Å². The summed E-state index contributed by atoms with van der Waals surface area (Å²) < 4.78 is 1.16. The zero-order valence-electron chi connectivity index (χ0n) is 3.52. The van der Waals surface area contributed by atoms with Crippen molar-refractivity contribution in [3.63, 3.8) is 0 Å². The first-order valence-corrected chi connectivity index (χ1v) is 3.80. The standard InChI is InChI=1S/C4H4INS/c5-3-1-7-2-4(3)6/h1-2H,6H2. The molecule has 0 aliphatic carbocycles. The van der Waals surface area contributed by atoms with Gasteiger partial charge in [0.05, 0.1) is 5.69 Å². The third kappa shape index (κ3) is 1.07. The maximum absolute atomic E-state index is 5.44. The van der Waals surface area contributed by atoms with Crippen molar-refractivity contribution in [3.05, 3.63) is 14.3 Å². The molecule has 0 aliphatic rings. The molecule has 1 rings (SSSR count). The fourth-order valence-electron chi connectivity index (χ4n) is 0.291. The van der Waals surface area contributed by atoms with E-state index in [4.69, 9.17) is 5.73 Å². The van der Waals surface area contributed by atoms with E-state index in [0.717, 1.165) is 9.26 Å². The predicted octanol–water partition coefficient (Wildman–Crippen LogP) is 1.93. The summed E-state index contributed by atoms with van der Waals surface area (Å²) in [6, 6.07) is 0. The molecule has 0 fully saturated rings. The number of hydrogen-bond acceptors (Lipinski definition) is 2. The molecule has 0 unspecified atom stereocenters. The van der Waals surface area contributed by atoms with Gasteiger partial charge >= 0.3 is 0 Å². The summed E-state index contributed by atoms with van der Waals surface area (Å²) in [6.07, 6.45) is 0. The van der Waals surface area contributed by atoms with Crippen molar-refractivity contribution in [2.24, 2.45) is 0 Å². The van der Waals surface area contributed by atoms with Crippen molar-refractivity contribution >= 4 is 39.6 Å². The maximum Gasteiger partial charge on any atom is 0.0558 e. The van der Waals surface area contributed by atoms with Crippen LogP contribution >= 0.6 is 33.9 Å². The molecule has 1 nitrogen and oxygen atoms in total. The van der Waals surface area contributed by atoms with Crippen LogP contribution < -0.4 is 5.73 Å². The Morgan fingerprint density at radius 1 is 1.57 bits per heavy atom. The van der Waals surface area contributed by atoms with Gasteiger partial charge < -0.3 is 5.73 Å². The van der Waals surface area contributed by atoms with Crippen LogP contribution in [0.25, 0.3) is 0 Å². The molecule has 2 N–H and O–H groups in total. The maximum atomic E-state index is 5.44. The quantitative estimate of drug-likeness (QED) is 0.671. The molecule has 7 heavy (non-hydrogen) atoms. The van der Waals surface area contributed by atoms with E-state index in [1.54, 1.807) is 11.3 Å². The van der Waals surface area contributed by atoms with Gasteiger partial charge in [0.2, 0.25) is 0 Å². The van der Waals surface area contributed by atoms with Gasteiger partial charge in [0.25, 0.3) is 0 Å². The van der Waals surface area contributed by atoms with Gasteiger partial charge in [-0.25, -0.2) is 0 Å². The minimum Gasteiger partial charge on any atom is -0.397 e. The SMILES string of the molecule is Nc1cscc1I. The monoisotopic (exact) mass is 225 g/mol. The van der Waals surface area contributed by atoms with Crippen LogP contribution in [0.3, 0.4) is 0 Å². The average molecular weight is 225 g/mol. The number of anilines is 1. The summed E-state index contributed by atoms with van der Waals surface area (Å²) >= 11 is 3.84. The Morgan fingerprint density at radius 2 is 2.29 bits per heavy atom. The highest BCUT2D eigenvalue weighted by Gasteiger charge is 1.89. The first-order valence-electron chi connectivity index (χ1n) is 1.78. The Kier molecular flexibility index (Phi) is 1.53. The van der Waals surface area contributed by atoms with E-state index in [0.29, 0.717) is 0 Å². The van der Waals surface area contributed by atoms with Gasteiger partial charge in [-0.1, -0.05) is 0 Å². The molecule has 0 bridgehead atoms. The van der Waals surface area contributed by atoms with E-state index in [1.165, 1.54) is 0 Å². The second-order valence-electron chi connectivity index (χ2n) is 1.18. The second-order valence-corrected chi connectivity index (χ2v) is 3.08. The first kappa shape index (κ1) is 5.37. The number of thiophene rings is 1. The third-order valence-electron chi connectivity index (χ3n) is 0.642. The van der Waals surface area contributed by atoms with Crippen LogP contribution in [0.2, 0.25) is 0 Å². The fourth-order valence-corrected chi connectivity index (χ4v) is 1.70. The Hall–Kier alpha value is 0.230. The molecule has 0 spiro atoms. The minimum absolute atomic E-state index is 0.894. The van der Waals surface area contributed by atoms with Crippen LogP contribution in [0.1, 0.15) is 0 Å². The Labute approximate surface area is 59.7 Å². The molecule has 3 heteroatoms. The van der Waals surface area contributed by atoms with Gasteiger partial charge in [-0.05, 0) is 22.6 Å². The van der Waals surface area contributed by atoms with Gasteiger partial charge in [-0.3, -0.25) is 0 Å². The van der Waals surface area contributed by atoms with Gasteiger partial charge in [0.1, 0.15) is 0 Å². The molecule has 1 heterocycles. The zero-order valence-corrected chi connectivity index (χ0v) is 6.49. The lowest BCUT2D eigenvalue weighted by molar-refractivity contribution is 1.81. The van der Waals surface area contributed by atoms with E-state index >= 15 is 0 Å². The molecular formula is C4H4INS. The topological polar surface area (TPSA) is 26.0 Å². The summed E-state index contributed by atoms with van der Waals surface area (Å²) in [4.78, 5) is 0. The lowest BCUT2D eigenvalue weighted by Crippen LogP contribution is -1.80. The zero-order chi connectivity index (χ0) is 5.28. The molecule has 38 valence electrons. The molecule has 0 aromatic carbocycles. The van der Waals surface area contributed by atoms with Crippen LogP contribution in [0, 0.1) is 3.57 Å². The van der Waals surface area contributed by atoms with Gasteiger partial charge in [-0.15, -0.1) is 11.3 Å². The van der Waals surface area contributed by atoms with Crippen molar-refractivity contribution in [1.29, 1.82) is 0 Å². The predicted molar refractivity (Wildman–Crippen MR) is 41.4 cm³/mol. The lowest BCUT2D eigenvalue weighted by atomic mass is 10.6. The van der Waals surface area contributed by atoms with E-state index in [1.807, 2.05) is 10.8 Å². The number of rotatable bonds is 0. The van der Waals surface area contributed by atoms with Crippen molar-refractivity contribution in [2.75, 3.05) is 5.73 Å². The van der Waals surface area contributed by atoms with Crippen LogP contribution in [0.15, 0.2) is 10.8 Å². The van der Waals surface area contributed by atoms with Crippen LogP contribution in [-0.4, -0.2) is 0 Å².